The fourth-order valence-corrected chi connectivity index (χ4v) is 2.81. The second kappa shape index (κ2) is 5.91. The van der Waals surface area contributed by atoms with Gasteiger partial charge in [-0.05, 0) is 41.8 Å². The monoisotopic (exact) mass is 310 g/mol. The van der Waals surface area contributed by atoms with Crippen molar-refractivity contribution >= 4 is 34.4 Å². The molecule has 0 N–H and O–H groups in total. The molecule has 2 aromatic carbocycles. The Balaban J connectivity index is 1.91. The fraction of sp³-hybridized carbons (Fsp3) is 0. The normalized spacial score (nSPS) is 10.4. The third kappa shape index (κ3) is 2.80. The molecule has 1 aromatic heterocycles. The summed E-state index contributed by atoms with van der Waals surface area (Å²) in [4.78, 5) is 35.0. The lowest BCUT2D eigenvalue weighted by atomic mass is 10.2. The van der Waals surface area contributed by atoms with Gasteiger partial charge in [0.25, 0.3) is 0 Å². The van der Waals surface area contributed by atoms with Gasteiger partial charge in [-0.1, -0.05) is 29.5 Å². The number of carbonyl (C=O) groups is 2. The van der Waals surface area contributed by atoms with Crippen molar-refractivity contribution in [3.8, 4) is 5.75 Å². The average molecular weight is 310 g/mol. The minimum atomic E-state index is -0.591. The third-order valence-electron chi connectivity index (χ3n) is 3.10. The second-order valence-corrected chi connectivity index (χ2v) is 5.58. The lowest BCUT2D eigenvalue weighted by molar-refractivity contribution is 0.0739. The van der Waals surface area contributed by atoms with Crippen LogP contribution in [0.5, 0.6) is 5.75 Å². The summed E-state index contributed by atoms with van der Waals surface area (Å²) in [6.07, 6.45) is 0.709. The fourth-order valence-electron chi connectivity index (χ4n) is 2.01. The van der Waals surface area contributed by atoms with E-state index in [-0.39, 0.29) is 9.62 Å². The van der Waals surface area contributed by atoms with Gasteiger partial charge in [-0.3, -0.25) is 9.59 Å². The number of hydrogen-bond acceptors (Lipinski definition) is 5. The zero-order valence-electron chi connectivity index (χ0n) is 11.3. The lowest BCUT2D eigenvalue weighted by Crippen LogP contribution is -2.10. The van der Waals surface area contributed by atoms with E-state index < -0.39 is 5.97 Å². The summed E-state index contributed by atoms with van der Waals surface area (Å²) in [5, 5.41) is 1.29. The SMILES string of the molecule is O=Cc1ccc(OC(=O)c2cc3ccccc3c(=O)s2)cc1. The Morgan fingerprint density at radius 3 is 2.50 bits per heavy atom. The van der Waals surface area contributed by atoms with E-state index in [1.165, 1.54) is 12.1 Å². The van der Waals surface area contributed by atoms with Crippen molar-refractivity contribution in [2.24, 2.45) is 0 Å². The van der Waals surface area contributed by atoms with Gasteiger partial charge in [0, 0.05) is 10.9 Å². The zero-order valence-corrected chi connectivity index (χ0v) is 12.1. The molecule has 108 valence electrons. The number of ether oxygens (including phenoxy) is 1. The van der Waals surface area contributed by atoms with Crippen molar-refractivity contribution in [1.29, 1.82) is 0 Å². The van der Waals surface area contributed by atoms with Crippen LogP contribution in [-0.2, 0) is 0 Å². The van der Waals surface area contributed by atoms with E-state index >= 15 is 0 Å². The molecule has 5 heteroatoms. The standard InChI is InChI=1S/C17H10O4S/c18-10-11-5-7-13(8-6-11)21-16(19)15-9-12-3-1-2-4-14(12)17(20)22-15/h1-10H. The molecule has 0 aliphatic carbocycles. The molecule has 0 radical (unpaired) electrons. The predicted molar refractivity (Wildman–Crippen MR) is 84.9 cm³/mol. The van der Waals surface area contributed by atoms with Crippen LogP contribution < -0.4 is 9.48 Å². The van der Waals surface area contributed by atoms with Gasteiger partial charge in [0.05, 0.1) is 0 Å². The van der Waals surface area contributed by atoms with Crippen molar-refractivity contribution in [3.63, 3.8) is 0 Å². The van der Waals surface area contributed by atoms with Crippen LogP contribution >= 0.6 is 11.3 Å². The molecule has 3 aromatic rings. The van der Waals surface area contributed by atoms with Gasteiger partial charge in [0.2, 0.25) is 4.74 Å². The highest BCUT2D eigenvalue weighted by Crippen LogP contribution is 2.18. The lowest BCUT2D eigenvalue weighted by Gasteiger charge is -2.04. The van der Waals surface area contributed by atoms with Crippen molar-refractivity contribution in [2.75, 3.05) is 0 Å². The maximum atomic E-state index is 12.1. The summed E-state index contributed by atoms with van der Waals surface area (Å²) in [7, 11) is 0. The molecule has 0 spiro atoms. The van der Waals surface area contributed by atoms with Crippen LogP contribution in [0.2, 0.25) is 0 Å². The van der Waals surface area contributed by atoms with Crippen LogP contribution in [0, 0.1) is 0 Å². The van der Waals surface area contributed by atoms with Crippen LogP contribution in [0.3, 0.4) is 0 Å². The maximum absolute atomic E-state index is 12.1. The Morgan fingerprint density at radius 1 is 1.05 bits per heavy atom. The summed E-state index contributed by atoms with van der Waals surface area (Å²) in [6.45, 7) is 0. The molecule has 3 rings (SSSR count). The van der Waals surface area contributed by atoms with Gasteiger partial charge < -0.3 is 4.74 Å². The highest BCUT2D eigenvalue weighted by atomic mass is 32.1. The first-order valence-corrected chi connectivity index (χ1v) is 7.29. The molecule has 0 atom stereocenters. The van der Waals surface area contributed by atoms with E-state index in [0.717, 1.165) is 11.3 Å². The molecule has 0 amide bonds. The van der Waals surface area contributed by atoms with Crippen LogP contribution in [0.4, 0.5) is 0 Å². The van der Waals surface area contributed by atoms with Crippen molar-refractivity contribution in [1.82, 2.24) is 0 Å². The molecule has 0 unspecified atom stereocenters. The summed E-state index contributed by atoms with van der Waals surface area (Å²) in [6, 6.07) is 14.9. The summed E-state index contributed by atoms with van der Waals surface area (Å²) >= 11 is 0.856. The number of aldehydes is 1. The van der Waals surface area contributed by atoms with Crippen molar-refractivity contribution in [3.05, 3.63) is 74.6 Å². The van der Waals surface area contributed by atoms with E-state index in [1.807, 2.05) is 0 Å². The molecular weight excluding hydrogens is 300 g/mol. The highest BCUT2D eigenvalue weighted by Gasteiger charge is 2.12. The first-order chi connectivity index (χ1) is 10.7. The first kappa shape index (κ1) is 14.2. The second-order valence-electron chi connectivity index (χ2n) is 4.56. The van der Waals surface area contributed by atoms with Gasteiger partial charge in [-0.2, -0.15) is 0 Å². The third-order valence-corrected chi connectivity index (χ3v) is 4.01. The molecule has 4 nitrogen and oxygen atoms in total. The highest BCUT2D eigenvalue weighted by molar-refractivity contribution is 7.11. The minimum Gasteiger partial charge on any atom is -0.422 e. The smallest absolute Gasteiger partial charge is 0.353 e. The number of esters is 1. The van der Waals surface area contributed by atoms with E-state index in [1.54, 1.807) is 42.5 Å². The van der Waals surface area contributed by atoms with Gasteiger partial charge >= 0.3 is 5.97 Å². The van der Waals surface area contributed by atoms with Gasteiger partial charge in [-0.15, -0.1) is 0 Å². The predicted octanol–water partition coefficient (Wildman–Crippen LogP) is 3.29. The van der Waals surface area contributed by atoms with Gasteiger partial charge in [0.1, 0.15) is 16.9 Å². The number of rotatable bonds is 3. The zero-order chi connectivity index (χ0) is 15.5. The molecule has 0 aliphatic rings. The van der Waals surface area contributed by atoms with E-state index in [0.29, 0.717) is 28.4 Å². The topological polar surface area (TPSA) is 60.4 Å². The van der Waals surface area contributed by atoms with Gasteiger partial charge in [-0.25, -0.2) is 4.79 Å². The molecule has 0 aliphatic heterocycles. The van der Waals surface area contributed by atoms with Crippen LogP contribution in [0.25, 0.3) is 10.8 Å². The molecule has 0 saturated carbocycles. The molecule has 22 heavy (non-hydrogen) atoms. The average Bonchev–Trinajstić information content (AvgIpc) is 2.55. The molecule has 1 heterocycles. The number of benzene rings is 2. The number of carbonyl (C=O) groups excluding carboxylic acids is 2. The Hall–Kier alpha value is -2.79. The number of fused-ring (bicyclic) bond motifs is 1. The summed E-state index contributed by atoms with van der Waals surface area (Å²) < 4.78 is 5.04. The van der Waals surface area contributed by atoms with E-state index in [4.69, 9.17) is 4.74 Å². The molecule has 0 saturated heterocycles. The van der Waals surface area contributed by atoms with Crippen LogP contribution in [0.1, 0.15) is 20.0 Å². The largest absolute Gasteiger partial charge is 0.422 e. The quantitative estimate of drug-likeness (QED) is 0.423. The van der Waals surface area contributed by atoms with Crippen LogP contribution in [-0.4, -0.2) is 12.3 Å². The molecule has 0 bridgehead atoms. The van der Waals surface area contributed by atoms with Crippen molar-refractivity contribution in [2.45, 2.75) is 0 Å². The Morgan fingerprint density at radius 2 is 1.77 bits per heavy atom. The van der Waals surface area contributed by atoms with E-state index in [9.17, 15) is 14.4 Å². The summed E-state index contributed by atoms with van der Waals surface area (Å²) in [5.41, 5.74) is 0.496. The van der Waals surface area contributed by atoms with Crippen molar-refractivity contribution < 1.29 is 14.3 Å². The Labute approximate surface area is 129 Å². The molecule has 0 fully saturated rings. The number of hydrogen-bond donors (Lipinski definition) is 0. The Bertz CT molecular complexity index is 910. The van der Waals surface area contributed by atoms with Gasteiger partial charge in [0.15, 0.2) is 0 Å². The molecular formula is C17H10O4S. The first-order valence-electron chi connectivity index (χ1n) is 6.48. The van der Waals surface area contributed by atoms with Crippen LogP contribution in [0.15, 0.2) is 59.4 Å². The minimum absolute atomic E-state index is 0.179. The Kier molecular flexibility index (Phi) is 3.80. The van der Waals surface area contributed by atoms with E-state index in [2.05, 4.69) is 0 Å². The maximum Gasteiger partial charge on any atom is 0.353 e. The summed E-state index contributed by atoms with van der Waals surface area (Å²) in [5.74, 6) is -0.268.